The lowest BCUT2D eigenvalue weighted by Crippen LogP contribution is -2.42. The highest BCUT2D eigenvalue weighted by Crippen LogP contribution is 2.23. The first kappa shape index (κ1) is 14.1. The average Bonchev–Trinajstić information content (AvgIpc) is 2.78. The van der Waals surface area contributed by atoms with E-state index in [-0.39, 0.29) is 5.91 Å². The maximum absolute atomic E-state index is 12.5. The zero-order chi connectivity index (χ0) is 14.0. The van der Waals surface area contributed by atoms with Gasteiger partial charge in [-0.1, -0.05) is 0 Å². The van der Waals surface area contributed by atoms with Gasteiger partial charge in [-0.05, 0) is 46.5 Å². The quantitative estimate of drug-likeness (QED) is 0.867. The molecule has 0 aliphatic heterocycles. The molecule has 106 valence electrons. The van der Waals surface area contributed by atoms with Crippen molar-refractivity contribution < 1.29 is 9.90 Å². The van der Waals surface area contributed by atoms with Gasteiger partial charge in [0, 0.05) is 24.3 Å². The van der Waals surface area contributed by atoms with Gasteiger partial charge in [-0.25, -0.2) is 0 Å². The number of hydrogen-bond acceptors (Lipinski definition) is 3. The van der Waals surface area contributed by atoms with Crippen LogP contribution in [0.15, 0.2) is 0 Å². The molecule has 1 aromatic heterocycles. The first-order chi connectivity index (χ1) is 8.92. The third kappa shape index (κ3) is 3.15. The number of carbonyl (C=O) groups is 1. The van der Waals surface area contributed by atoms with Crippen LogP contribution in [0.25, 0.3) is 0 Å². The Bertz CT molecular complexity index is 460. The van der Waals surface area contributed by atoms with Crippen LogP contribution in [0.2, 0.25) is 0 Å². The molecule has 0 fully saturated rings. The molecule has 1 aliphatic carbocycles. The number of amides is 1. The van der Waals surface area contributed by atoms with Crippen LogP contribution in [-0.2, 0) is 12.8 Å². The van der Waals surface area contributed by atoms with Crippen LogP contribution < -0.4 is 0 Å². The number of nitrogens with one attached hydrogen (secondary N) is 1. The molecule has 1 aromatic rings. The molecule has 0 radical (unpaired) electrons. The van der Waals surface area contributed by atoms with Crippen LogP contribution in [0.3, 0.4) is 0 Å². The number of aryl methyl sites for hydroxylation is 1. The van der Waals surface area contributed by atoms with E-state index in [0.29, 0.717) is 18.8 Å². The maximum atomic E-state index is 12.5. The van der Waals surface area contributed by atoms with Crippen LogP contribution in [0.4, 0.5) is 0 Å². The van der Waals surface area contributed by atoms with Crippen molar-refractivity contribution in [3.05, 3.63) is 17.0 Å². The van der Waals surface area contributed by atoms with E-state index in [9.17, 15) is 9.90 Å². The van der Waals surface area contributed by atoms with Gasteiger partial charge in [-0.15, -0.1) is 0 Å². The summed E-state index contributed by atoms with van der Waals surface area (Å²) in [6.07, 6.45) is 4.18. The smallest absolute Gasteiger partial charge is 0.274 e. The zero-order valence-electron chi connectivity index (χ0n) is 12.0. The van der Waals surface area contributed by atoms with Crippen LogP contribution in [0, 0.1) is 0 Å². The molecule has 1 amide bonds. The number of fused-ring (bicyclic) bond motifs is 1. The number of carbonyl (C=O) groups excluding carboxylic acids is 1. The van der Waals surface area contributed by atoms with E-state index in [1.54, 1.807) is 18.7 Å². The second-order valence-corrected chi connectivity index (χ2v) is 5.87. The van der Waals surface area contributed by atoms with E-state index in [2.05, 4.69) is 10.2 Å². The second-order valence-electron chi connectivity index (χ2n) is 5.87. The largest absolute Gasteiger partial charge is 0.389 e. The van der Waals surface area contributed by atoms with Gasteiger partial charge in [0.1, 0.15) is 0 Å². The number of aromatic nitrogens is 2. The summed E-state index contributed by atoms with van der Waals surface area (Å²) in [6.45, 7) is 6.24. The van der Waals surface area contributed by atoms with Crippen molar-refractivity contribution >= 4 is 5.91 Å². The Balaban J connectivity index is 2.20. The van der Waals surface area contributed by atoms with Gasteiger partial charge in [0.25, 0.3) is 5.91 Å². The lowest BCUT2D eigenvalue weighted by atomic mass is 9.95. The molecule has 5 heteroatoms. The van der Waals surface area contributed by atoms with Crippen molar-refractivity contribution in [1.29, 1.82) is 0 Å². The number of rotatable bonds is 4. The standard InChI is InChI=1S/C14H23N3O2/c1-4-17(9-14(2,3)19)13(18)12-10-7-5-6-8-11(10)15-16-12/h19H,4-9H2,1-3H3,(H,15,16). The van der Waals surface area contributed by atoms with Gasteiger partial charge in [0.2, 0.25) is 0 Å². The van der Waals surface area contributed by atoms with Crippen molar-refractivity contribution in [2.75, 3.05) is 13.1 Å². The Morgan fingerprint density at radius 3 is 2.74 bits per heavy atom. The molecule has 2 N–H and O–H groups in total. The summed E-state index contributed by atoms with van der Waals surface area (Å²) in [5, 5.41) is 17.1. The Labute approximate surface area is 114 Å². The molecule has 1 heterocycles. The molecule has 0 saturated heterocycles. The average molecular weight is 265 g/mol. The van der Waals surface area contributed by atoms with Gasteiger partial charge >= 0.3 is 0 Å². The van der Waals surface area contributed by atoms with Crippen molar-refractivity contribution in [3.8, 4) is 0 Å². The molecule has 0 unspecified atom stereocenters. The van der Waals surface area contributed by atoms with Crippen molar-refractivity contribution in [3.63, 3.8) is 0 Å². The Morgan fingerprint density at radius 1 is 1.42 bits per heavy atom. The topological polar surface area (TPSA) is 69.2 Å². The number of aromatic amines is 1. The molecule has 0 saturated carbocycles. The minimum atomic E-state index is -0.887. The normalized spacial score (nSPS) is 15.2. The van der Waals surface area contributed by atoms with E-state index >= 15 is 0 Å². The van der Waals surface area contributed by atoms with Crippen molar-refractivity contribution in [1.82, 2.24) is 15.1 Å². The summed E-state index contributed by atoms with van der Waals surface area (Å²) < 4.78 is 0. The minimum Gasteiger partial charge on any atom is -0.389 e. The van der Waals surface area contributed by atoms with Crippen LogP contribution in [0.1, 0.15) is 55.4 Å². The predicted octanol–water partition coefficient (Wildman–Crippen LogP) is 1.52. The van der Waals surface area contributed by atoms with E-state index in [1.807, 2.05) is 6.92 Å². The highest BCUT2D eigenvalue weighted by atomic mass is 16.3. The SMILES string of the molecule is CCN(CC(C)(C)O)C(=O)c1n[nH]c2c1CCCC2. The van der Waals surface area contributed by atoms with Gasteiger partial charge in [0.05, 0.1) is 5.60 Å². The number of H-pyrrole nitrogens is 1. The fraction of sp³-hybridized carbons (Fsp3) is 0.714. The lowest BCUT2D eigenvalue weighted by molar-refractivity contribution is 0.0311. The molecule has 1 aliphatic rings. The summed E-state index contributed by atoms with van der Waals surface area (Å²) in [5.41, 5.74) is 1.84. The predicted molar refractivity (Wildman–Crippen MR) is 73.1 cm³/mol. The monoisotopic (exact) mass is 265 g/mol. The second kappa shape index (κ2) is 5.33. The molecule has 2 rings (SSSR count). The fourth-order valence-electron chi connectivity index (χ4n) is 2.60. The number of likely N-dealkylation sites (N-methyl/N-ethyl adjacent to an activating group) is 1. The Hall–Kier alpha value is -1.36. The number of hydrogen-bond donors (Lipinski definition) is 2. The molecule has 0 aromatic carbocycles. The van der Waals surface area contributed by atoms with Gasteiger partial charge in [-0.3, -0.25) is 9.89 Å². The van der Waals surface area contributed by atoms with Crippen LogP contribution >= 0.6 is 0 Å². The Kier molecular flexibility index (Phi) is 3.94. The minimum absolute atomic E-state index is 0.0796. The van der Waals surface area contributed by atoms with Gasteiger partial charge < -0.3 is 10.0 Å². The summed E-state index contributed by atoms with van der Waals surface area (Å²) in [7, 11) is 0. The van der Waals surface area contributed by atoms with E-state index in [0.717, 1.165) is 36.9 Å². The summed E-state index contributed by atoms with van der Waals surface area (Å²) >= 11 is 0. The first-order valence-corrected chi connectivity index (χ1v) is 7.00. The number of nitrogens with zero attached hydrogens (tertiary/aromatic N) is 2. The maximum Gasteiger partial charge on any atom is 0.274 e. The van der Waals surface area contributed by atoms with Crippen LogP contribution in [-0.4, -0.2) is 44.8 Å². The molecule has 0 atom stereocenters. The number of aliphatic hydroxyl groups is 1. The zero-order valence-corrected chi connectivity index (χ0v) is 12.0. The van der Waals surface area contributed by atoms with Gasteiger partial charge in [0.15, 0.2) is 5.69 Å². The third-order valence-electron chi connectivity index (χ3n) is 3.51. The van der Waals surface area contributed by atoms with Crippen molar-refractivity contribution in [2.24, 2.45) is 0 Å². The van der Waals surface area contributed by atoms with E-state index < -0.39 is 5.60 Å². The van der Waals surface area contributed by atoms with Crippen molar-refractivity contribution in [2.45, 2.75) is 52.1 Å². The Morgan fingerprint density at radius 2 is 2.11 bits per heavy atom. The summed E-state index contributed by atoms with van der Waals surface area (Å²) in [6, 6.07) is 0. The third-order valence-corrected chi connectivity index (χ3v) is 3.51. The summed E-state index contributed by atoms with van der Waals surface area (Å²) in [4.78, 5) is 14.2. The highest BCUT2D eigenvalue weighted by molar-refractivity contribution is 5.94. The first-order valence-electron chi connectivity index (χ1n) is 7.00. The summed E-state index contributed by atoms with van der Waals surface area (Å²) in [5.74, 6) is -0.0796. The molecule has 5 nitrogen and oxygen atoms in total. The van der Waals surface area contributed by atoms with Crippen LogP contribution in [0.5, 0.6) is 0 Å². The molecule has 19 heavy (non-hydrogen) atoms. The molecule has 0 spiro atoms. The fourth-order valence-corrected chi connectivity index (χ4v) is 2.60. The van der Waals surface area contributed by atoms with E-state index in [4.69, 9.17) is 0 Å². The molecular formula is C14H23N3O2. The molecule has 0 bridgehead atoms. The highest BCUT2D eigenvalue weighted by Gasteiger charge is 2.27. The van der Waals surface area contributed by atoms with Gasteiger partial charge in [-0.2, -0.15) is 5.10 Å². The lowest BCUT2D eigenvalue weighted by Gasteiger charge is -2.28. The molecular weight excluding hydrogens is 242 g/mol. The van der Waals surface area contributed by atoms with E-state index in [1.165, 1.54) is 0 Å².